The van der Waals surface area contributed by atoms with Crippen LogP contribution in [-0.2, 0) is 0 Å². The van der Waals surface area contributed by atoms with E-state index in [0.717, 1.165) is 6.08 Å². The first-order valence-corrected chi connectivity index (χ1v) is 6.19. The summed E-state index contributed by atoms with van der Waals surface area (Å²) < 4.78 is 39.0. The number of benzene rings is 2. The maximum atomic E-state index is 13.0. The fourth-order valence-electron chi connectivity index (χ4n) is 1.59. The van der Waals surface area contributed by atoms with Crippen molar-refractivity contribution in [3.63, 3.8) is 0 Å². The molecule has 0 radical (unpaired) electrons. The molecule has 5 heteroatoms. The third kappa shape index (κ3) is 4.03. The molecule has 0 aliphatic rings. The monoisotopic (exact) mass is 297 g/mol. The van der Waals surface area contributed by atoms with Crippen molar-refractivity contribution >= 4 is 23.4 Å². The van der Waals surface area contributed by atoms with Crippen LogP contribution in [0.4, 0.5) is 18.9 Å². The molecular formula is C15H11ClF3N. The van der Waals surface area contributed by atoms with E-state index in [2.05, 4.69) is 5.32 Å². The minimum absolute atomic E-state index is 0.328. The van der Waals surface area contributed by atoms with Crippen molar-refractivity contribution < 1.29 is 13.2 Å². The van der Waals surface area contributed by atoms with Crippen molar-refractivity contribution in [1.29, 1.82) is 0 Å². The lowest BCUT2D eigenvalue weighted by atomic mass is 10.2. The third-order valence-electron chi connectivity index (χ3n) is 2.54. The molecule has 0 spiro atoms. The number of nitrogens with one attached hydrogen (secondary N) is 1. The Kier molecular flexibility index (Phi) is 4.35. The Labute approximate surface area is 119 Å². The van der Waals surface area contributed by atoms with Gasteiger partial charge in [-0.2, -0.15) is 13.2 Å². The quantitative estimate of drug-likeness (QED) is 0.804. The van der Waals surface area contributed by atoms with Crippen molar-refractivity contribution in [1.82, 2.24) is 0 Å². The highest BCUT2D eigenvalue weighted by Gasteiger charge is 2.33. The van der Waals surface area contributed by atoms with Crippen LogP contribution in [0.3, 0.4) is 0 Å². The van der Waals surface area contributed by atoms with E-state index in [1.54, 1.807) is 30.3 Å². The molecule has 0 unspecified atom stereocenters. The van der Waals surface area contributed by atoms with Gasteiger partial charge in [0.1, 0.15) is 5.70 Å². The van der Waals surface area contributed by atoms with Crippen molar-refractivity contribution in [2.45, 2.75) is 6.18 Å². The lowest BCUT2D eigenvalue weighted by Gasteiger charge is -2.14. The molecule has 1 nitrogen and oxygen atoms in total. The molecule has 0 aromatic heterocycles. The summed E-state index contributed by atoms with van der Waals surface area (Å²) in [6, 6.07) is 14.4. The van der Waals surface area contributed by atoms with E-state index < -0.39 is 11.9 Å². The van der Waals surface area contributed by atoms with Gasteiger partial charge in [-0.05, 0) is 35.9 Å². The van der Waals surface area contributed by atoms with E-state index in [-0.39, 0.29) is 0 Å². The first kappa shape index (κ1) is 14.5. The van der Waals surface area contributed by atoms with E-state index in [0.29, 0.717) is 16.3 Å². The summed E-state index contributed by atoms with van der Waals surface area (Å²) in [6.45, 7) is 0. The number of hydrogen-bond donors (Lipinski definition) is 1. The van der Waals surface area contributed by atoms with Gasteiger partial charge in [0.25, 0.3) is 0 Å². The van der Waals surface area contributed by atoms with Crippen LogP contribution in [0.2, 0.25) is 5.02 Å². The Bertz CT molecular complexity index is 589. The maximum Gasteiger partial charge on any atom is 0.431 e. The Hall–Kier alpha value is -1.94. The van der Waals surface area contributed by atoms with Crippen LogP contribution in [0.25, 0.3) is 6.08 Å². The highest BCUT2D eigenvalue weighted by Crippen LogP contribution is 2.29. The van der Waals surface area contributed by atoms with Gasteiger partial charge in [-0.1, -0.05) is 41.9 Å². The molecule has 0 amide bonds. The number of anilines is 1. The molecule has 2 aromatic rings. The van der Waals surface area contributed by atoms with Crippen LogP contribution < -0.4 is 5.32 Å². The summed E-state index contributed by atoms with van der Waals surface area (Å²) in [4.78, 5) is 0. The zero-order valence-corrected chi connectivity index (χ0v) is 11.0. The second-order valence-corrected chi connectivity index (χ2v) is 4.53. The topological polar surface area (TPSA) is 12.0 Å². The number of halogens is 4. The van der Waals surface area contributed by atoms with Crippen molar-refractivity contribution in [2.75, 3.05) is 5.32 Å². The van der Waals surface area contributed by atoms with E-state index in [9.17, 15) is 13.2 Å². The van der Waals surface area contributed by atoms with Gasteiger partial charge in [-0.3, -0.25) is 0 Å². The SMILES string of the molecule is FC(F)(F)C(=Cc1ccccc1)Nc1ccc(Cl)cc1. The molecule has 0 fully saturated rings. The molecule has 0 bridgehead atoms. The molecule has 20 heavy (non-hydrogen) atoms. The fourth-order valence-corrected chi connectivity index (χ4v) is 1.72. The minimum Gasteiger partial charge on any atom is -0.352 e. The van der Waals surface area contributed by atoms with E-state index in [1.165, 1.54) is 24.3 Å². The summed E-state index contributed by atoms with van der Waals surface area (Å²) in [5.41, 5.74) is -0.0267. The van der Waals surface area contributed by atoms with Gasteiger partial charge in [0.2, 0.25) is 0 Å². The smallest absolute Gasteiger partial charge is 0.352 e. The number of allylic oxidation sites excluding steroid dienone is 1. The van der Waals surface area contributed by atoms with E-state index >= 15 is 0 Å². The Balaban J connectivity index is 2.29. The van der Waals surface area contributed by atoms with Gasteiger partial charge in [0, 0.05) is 10.7 Å². The molecule has 0 saturated carbocycles. The Morgan fingerprint density at radius 1 is 0.950 bits per heavy atom. The van der Waals surface area contributed by atoms with Crippen LogP contribution in [0.15, 0.2) is 60.3 Å². The zero-order chi connectivity index (χ0) is 14.6. The first-order chi connectivity index (χ1) is 9.45. The van der Waals surface area contributed by atoms with Gasteiger partial charge in [-0.25, -0.2) is 0 Å². The second kappa shape index (κ2) is 6.01. The summed E-state index contributed by atoms with van der Waals surface area (Å²) in [6.07, 6.45) is -3.40. The average Bonchev–Trinajstić information content (AvgIpc) is 2.40. The molecule has 1 N–H and O–H groups in total. The molecule has 0 atom stereocenters. The number of alkyl halides is 3. The molecule has 0 heterocycles. The molecule has 0 saturated heterocycles. The third-order valence-corrected chi connectivity index (χ3v) is 2.79. The predicted molar refractivity (Wildman–Crippen MR) is 75.5 cm³/mol. The Morgan fingerprint density at radius 2 is 1.55 bits per heavy atom. The number of rotatable bonds is 3. The van der Waals surface area contributed by atoms with Gasteiger partial charge in [-0.15, -0.1) is 0 Å². The average molecular weight is 298 g/mol. The lowest BCUT2D eigenvalue weighted by molar-refractivity contribution is -0.0893. The van der Waals surface area contributed by atoms with Gasteiger partial charge < -0.3 is 5.32 Å². The zero-order valence-electron chi connectivity index (χ0n) is 10.3. The molecule has 2 aromatic carbocycles. The minimum atomic E-state index is -4.46. The molecule has 2 rings (SSSR count). The predicted octanol–water partition coefficient (Wildman–Crippen LogP) is 5.36. The van der Waals surface area contributed by atoms with Crippen LogP contribution >= 0.6 is 11.6 Å². The highest BCUT2D eigenvalue weighted by atomic mass is 35.5. The van der Waals surface area contributed by atoms with Crippen molar-refractivity contribution in [2.24, 2.45) is 0 Å². The number of hydrogen-bond acceptors (Lipinski definition) is 1. The van der Waals surface area contributed by atoms with Crippen LogP contribution in [0, 0.1) is 0 Å². The standard InChI is InChI=1S/C15H11ClF3N/c16-12-6-8-13(9-7-12)20-14(15(17,18)19)10-11-4-2-1-3-5-11/h1-10,20H. The normalized spacial score (nSPS) is 12.3. The fraction of sp³-hybridized carbons (Fsp3) is 0.0667. The summed E-state index contributed by atoms with van der Waals surface area (Å²) in [5.74, 6) is 0. The summed E-state index contributed by atoms with van der Waals surface area (Å²) in [5, 5.41) is 2.84. The summed E-state index contributed by atoms with van der Waals surface area (Å²) in [7, 11) is 0. The van der Waals surface area contributed by atoms with Gasteiger partial charge >= 0.3 is 6.18 Å². The van der Waals surface area contributed by atoms with Crippen molar-refractivity contribution in [3.8, 4) is 0 Å². The van der Waals surface area contributed by atoms with Crippen LogP contribution in [0.5, 0.6) is 0 Å². The van der Waals surface area contributed by atoms with Gasteiger partial charge in [0.15, 0.2) is 0 Å². The molecule has 104 valence electrons. The summed E-state index contributed by atoms with van der Waals surface area (Å²) >= 11 is 5.70. The molecule has 0 aliphatic carbocycles. The molecular weight excluding hydrogens is 287 g/mol. The van der Waals surface area contributed by atoms with Gasteiger partial charge in [0.05, 0.1) is 0 Å². The van der Waals surface area contributed by atoms with Crippen molar-refractivity contribution in [3.05, 3.63) is 70.9 Å². The second-order valence-electron chi connectivity index (χ2n) is 4.10. The van der Waals surface area contributed by atoms with E-state index in [1.807, 2.05) is 0 Å². The lowest BCUT2D eigenvalue weighted by Crippen LogP contribution is -2.18. The van der Waals surface area contributed by atoms with E-state index in [4.69, 9.17) is 11.6 Å². The highest BCUT2D eigenvalue weighted by molar-refractivity contribution is 6.30. The van der Waals surface area contributed by atoms with Crippen LogP contribution in [0.1, 0.15) is 5.56 Å². The Morgan fingerprint density at radius 3 is 2.10 bits per heavy atom. The maximum absolute atomic E-state index is 13.0. The van der Waals surface area contributed by atoms with Crippen LogP contribution in [-0.4, -0.2) is 6.18 Å². The largest absolute Gasteiger partial charge is 0.431 e. The first-order valence-electron chi connectivity index (χ1n) is 5.82. The molecule has 0 aliphatic heterocycles.